The van der Waals surface area contributed by atoms with Crippen LogP contribution in [0, 0.1) is 0 Å². The Labute approximate surface area is 105 Å². The van der Waals surface area contributed by atoms with E-state index in [1.165, 1.54) is 24.1 Å². The first-order valence-corrected chi connectivity index (χ1v) is 6.66. The molecule has 90 valence electrons. The van der Waals surface area contributed by atoms with Crippen LogP contribution in [0.2, 0.25) is 0 Å². The van der Waals surface area contributed by atoms with E-state index < -0.39 is 0 Å². The van der Waals surface area contributed by atoms with E-state index in [-0.39, 0.29) is 0 Å². The largest absolute Gasteiger partial charge is 0.296 e. The van der Waals surface area contributed by atoms with Crippen LogP contribution in [0.5, 0.6) is 0 Å². The summed E-state index contributed by atoms with van der Waals surface area (Å²) in [7, 11) is 0. The highest BCUT2D eigenvalue weighted by atomic mass is 32.1. The summed E-state index contributed by atoms with van der Waals surface area (Å²) < 4.78 is 0. The van der Waals surface area contributed by atoms with Crippen LogP contribution in [0.15, 0.2) is 23.1 Å². The maximum atomic E-state index is 4.38. The van der Waals surface area contributed by atoms with Crippen molar-refractivity contribution >= 4 is 12.6 Å². The zero-order valence-corrected chi connectivity index (χ0v) is 11.7. The minimum atomic E-state index is 0.645. The second-order valence-electron chi connectivity index (χ2n) is 4.27. The highest BCUT2D eigenvalue weighted by Gasteiger charge is 2.17. The normalized spacial score (nSPS) is 15.4. The lowest BCUT2D eigenvalue weighted by Gasteiger charge is -2.32. The second kappa shape index (κ2) is 6.31. The molecule has 0 amide bonds. The first-order chi connectivity index (χ1) is 7.66. The van der Waals surface area contributed by atoms with Gasteiger partial charge in [-0.2, -0.15) is 0 Å². The fourth-order valence-electron chi connectivity index (χ4n) is 2.01. The minimum absolute atomic E-state index is 0.645. The van der Waals surface area contributed by atoms with E-state index in [4.69, 9.17) is 0 Å². The average molecular weight is 237 g/mol. The minimum Gasteiger partial charge on any atom is -0.296 e. The predicted octanol–water partition coefficient (Wildman–Crippen LogP) is 3.77. The van der Waals surface area contributed by atoms with E-state index in [0.29, 0.717) is 6.04 Å². The van der Waals surface area contributed by atoms with Gasteiger partial charge in [-0.15, -0.1) is 12.6 Å². The predicted molar refractivity (Wildman–Crippen MR) is 74.3 cm³/mol. The van der Waals surface area contributed by atoms with E-state index >= 15 is 0 Å². The van der Waals surface area contributed by atoms with E-state index in [1.54, 1.807) is 0 Å². The van der Waals surface area contributed by atoms with Crippen LogP contribution >= 0.6 is 12.6 Å². The average Bonchev–Trinajstić information content (AvgIpc) is 2.30. The van der Waals surface area contributed by atoms with Crippen LogP contribution < -0.4 is 0 Å². The van der Waals surface area contributed by atoms with Gasteiger partial charge in [-0.25, -0.2) is 0 Å². The van der Waals surface area contributed by atoms with Crippen LogP contribution in [-0.4, -0.2) is 17.5 Å². The molecule has 0 saturated carbocycles. The molecule has 2 rings (SSSR count). The molecule has 16 heavy (non-hydrogen) atoms. The van der Waals surface area contributed by atoms with Crippen LogP contribution in [-0.2, 0) is 13.0 Å². The molecule has 0 spiro atoms. The number of hydrogen-bond donors (Lipinski definition) is 1. The molecule has 0 radical (unpaired) electrons. The van der Waals surface area contributed by atoms with Crippen LogP contribution in [0.4, 0.5) is 0 Å². The van der Waals surface area contributed by atoms with Gasteiger partial charge >= 0.3 is 0 Å². The Morgan fingerprint density at radius 1 is 1.19 bits per heavy atom. The molecule has 0 atom stereocenters. The summed E-state index contributed by atoms with van der Waals surface area (Å²) in [6.45, 7) is 10.8. The summed E-state index contributed by atoms with van der Waals surface area (Å²) in [4.78, 5) is 3.59. The summed E-state index contributed by atoms with van der Waals surface area (Å²) in [6, 6.07) is 7.15. The second-order valence-corrected chi connectivity index (χ2v) is 4.78. The van der Waals surface area contributed by atoms with Gasteiger partial charge < -0.3 is 0 Å². The van der Waals surface area contributed by atoms with Crippen molar-refractivity contribution in [3.05, 3.63) is 29.3 Å². The molecule has 1 heterocycles. The van der Waals surface area contributed by atoms with E-state index in [2.05, 4.69) is 49.6 Å². The molecule has 1 aliphatic rings. The molecule has 1 nitrogen and oxygen atoms in total. The van der Waals surface area contributed by atoms with Crippen molar-refractivity contribution in [1.29, 1.82) is 0 Å². The maximum Gasteiger partial charge on any atom is 0.0239 e. The third-order valence-corrected chi connectivity index (χ3v) is 3.24. The Balaban J connectivity index is 0.000000606. The summed E-state index contributed by atoms with van der Waals surface area (Å²) >= 11 is 4.38. The molecule has 1 aromatic rings. The van der Waals surface area contributed by atoms with Crippen LogP contribution in [0.3, 0.4) is 0 Å². The Morgan fingerprint density at radius 3 is 2.50 bits per heavy atom. The number of benzene rings is 1. The molecule has 0 saturated heterocycles. The van der Waals surface area contributed by atoms with Gasteiger partial charge in [0.15, 0.2) is 0 Å². The van der Waals surface area contributed by atoms with Crippen molar-refractivity contribution in [2.75, 3.05) is 6.54 Å². The Morgan fingerprint density at radius 2 is 1.88 bits per heavy atom. The first-order valence-electron chi connectivity index (χ1n) is 6.21. The van der Waals surface area contributed by atoms with E-state index in [0.717, 1.165) is 11.4 Å². The molecular weight excluding hydrogens is 214 g/mol. The van der Waals surface area contributed by atoms with Crippen molar-refractivity contribution in [3.63, 3.8) is 0 Å². The quantitative estimate of drug-likeness (QED) is 0.728. The molecule has 1 aliphatic heterocycles. The SMILES string of the molecule is CC.CC(C)N1CCc2ccc(S)cc2C1. The van der Waals surface area contributed by atoms with Crippen LogP contribution in [0.25, 0.3) is 0 Å². The summed E-state index contributed by atoms with van der Waals surface area (Å²) in [5.41, 5.74) is 2.96. The third kappa shape index (κ3) is 3.26. The monoisotopic (exact) mass is 237 g/mol. The van der Waals surface area contributed by atoms with E-state index in [1.807, 2.05) is 13.8 Å². The smallest absolute Gasteiger partial charge is 0.0239 e. The summed E-state index contributed by atoms with van der Waals surface area (Å²) in [6.07, 6.45) is 1.18. The Bertz CT molecular complexity index is 334. The van der Waals surface area contributed by atoms with Crippen LogP contribution in [0.1, 0.15) is 38.8 Å². The van der Waals surface area contributed by atoms with Gasteiger partial charge in [0, 0.05) is 24.0 Å². The standard InChI is InChI=1S/C12H17NS.C2H6/c1-9(2)13-6-5-10-3-4-12(14)7-11(10)8-13;1-2/h3-4,7,9,14H,5-6,8H2,1-2H3;1-2H3. The zero-order chi connectivity index (χ0) is 12.1. The van der Waals surface area contributed by atoms with Gasteiger partial charge in [-0.1, -0.05) is 19.9 Å². The molecule has 0 aliphatic carbocycles. The molecule has 0 unspecified atom stereocenters. The van der Waals surface area contributed by atoms with Crippen molar-refractivity contribution < 1.29 is 0 Å². The van der Waals surface area contributed by atoms with Gasteiger partial charge in [0.25, 0.3) is 0 Å². The number of hydrogen-bond acceptors (Lipinski definition) is 2. The topological polar surface area (TPSA) is 3.24 Å². The molecule has 0 fully saturated rings. The molecule has 1 aromatic carbocycles. The summed E-state index contributed by atoms with van der Waals surface area (Å²) in [5.74, 6) is 0. The number of rotatable bonds is 1. The molecular formula is C14H23NS. The number of thiol groups is 1. The summed E-state index contributed by atoms with van der Waals surface area (Å²) in [5, 5.41) is 0. The first kappa shape index (κ1) is 13.6. The lowest BCUT2D eigenvalue weighted by Crippen LogP contribution is -2.35. The van der Waals surface area contributed by atoms with E-state index in [9.17, 15) is 0 Å². The number of fused-ring (bicyclic) bond motifs is 1. The lowest BCUT2D eigenvalue weighted by molar-refractivity contribution is 0.203. The molecule has 0 aromatic heterocycles. The van der Waals surface area contributed by atoms with Crippen molar-refractivity contribution in [3.8, 4) is 0 Å². The van der Waals surface area contributed by atoms with Gasteiger partial charge in [-0.05, 0) is 43.5 Å². The van der Waals surface area contributed by atoms with Gasteiger partial charge in [0.05, 0.1) is 0 Å². The van der Waals surface area contributed by atoms with Gasteiger partial charge in [0.1, 0.15) is 0 Å². The Kier molecular flexibility index (Phi) is 5.36. The highest BCUT2D eigenvalue weighted by Crippen LogP contribution is 2.22. The lowest BCUT2D eigenvalue weighted by atomic mass is 9.99. The molecule has 2 heteroatoms. The fraction of sp³-hybridized carbons (Fsp3) is 0.571. The zero-order valence-electron chi connectivity index (χ0n) is 10.8. The molecule has 0 bridgehead atoms. The van der Waals surface area contributed by atoms with Gasteiger partial charge in [-0.3, -0.25) is 4.90 Å². The third-order valence-electron chi connectivity index (χ3n) is 2.96. The van der Waals surface area contributed by atoms with Crippen molar-refractivity contribution in [1.82, 2.24) is 4.90 Å². The number of nitrogens with zero attached hydrogens (tertiary/aromatic N) is 1. The van der Waals surface area contributed by atoms with Crippen molar-refractivity contribution in [2.24, 2.45) is 0 Å². The molecule has 0 N–H and O–H groups in total. The highest BCUT2D eigenvalue weighted by molar-refractivity contribution is 7.80. The maximum absolute atomic E-state index is 4.38. The van der Waals surface area contributed by atoms with Crippen molar-refractivity contribution in [2.45, 2.75) is 51.6 Å². The fourth-order valence-corrected chi connectivity index (χ4v) is 2.24. The van der Waals surface area contributed by atoms with Gasteiger partial charge in [0.2, 0.25) is 0 Å². The Hall–Kier alpha value is -0.470.